The van der Waals surface area contributed by atoms with Crippen molar-refractivity contribution < 1.29 is 42.9 Å². The lowest BCUT2D eigenvalue weighted by molar-refractivity contribution is -0.223. The minimum absolute atomic E-state index is 0.119. The number of carbonyl (C=O) groups is 5. The molecular weight excluding hydrogens is 350 g/mol. The maximum atomic E-state index is 11.5. The second-order valence-corrected chi connectivity index (χ2v) is 5.79. The Kier molecular flexibility index (Phi) is 8.17. The third-order valence-corrected chi connectivity index (χ3v) is 3.55. The third kappa shape index (κ3) is 6.43. The van der Waals surface area contributed by atoms with Gasteiger partial charge in [-0.25, -0.2) is 0 Å². The molecule has 0 unspecified atom stereocenters. The zero-order valence-electron chi connectivity index (χ0n) is 15.1. The van der Waals surface area contributed by atoms with E-state index in [1.165, 1.54) is 13.8 Å². The smallest absolute Gasteiger partial charge is 0.303 e. The molecule has 1 fully saturated rings. The van der Waals surface area contributed by atoms with E-state index in [0.29, 0.717) is 6.29 Å². The molecule has 1 aliphatic heterocycles. The molecule has 1 rings (SSSR count). The zero-order valence-corrected chi connectivity index (χ0v) is 15.1. The van der Waals surface area contributed by atoms with Crippen molar-refractivity contribution in [2.45, 2.75) is 64.6 Å². The van der Waals surface area contributed by atoms with E-state index in [4.69, 9.17) is 18.9 Å². The predicted molar refractivity (Wildman–Crippen MR) is 84.7 cm³/mol. The van der Waals surface area contributed by atoms with Gasteiger partial charge >= 0.3 is 17.9 Å². The standard InChI is InChI=1S/C16H23NO9/c1-8(19)17-14-12(5-6-18)26-13(7-23-9(2)20)15(24-10(3)21)16(14)25-11(4)22/h6,12-16H,5,7H2,1-4H3,(H,17,19)/t12-,13+,14-,15+,16+/m0/s1. The topological polar surface area (TPSA) is 134 Å². The summed E-state index contributed by atoms with van der Waals surface area (Å²) in [7, 11) is 0. The molecule has 0 aromatic heterocycles. The zero-order chi connectivity index (χ0) is 19.9. The van der Waals surface area contributed by atoms with Crippen LogP contribution in [-0.4, -0.2) is 67.2 Å². The molecule has 26 heavy (non-hydrogen) atoms. The van der Waals surface area contributed by atoms with Crippen LogP contribution < -0.4 is 5.32 Å². The summed E-state index contributed by atoms with van der Waals surface area (Å²) in [5, 5.41) is 2.56. The van der Waals surface area contributed by atoms with Crippen LogP contribution in [0.1, 0.15) is 34.1 Å². The van der Waals surface area contributed by atoms with E-state index in [1.54, 1.807) is 0 Å². The highest BCUT2D eigenvalue weighted by atomic mass is 16.6. The van der Waals surface area contributed by atoms with Crippen LogP contribution in [0.25, 0.3) is 0 Å². The number of esters is 3. The Bertz CT molecular complexity index is 562. The molecule has 146 valence electrons. The van der Waals surface area contributed by atoms with Crippen molar-refractivity contribution in [3.05, 3.63) is 0 Å². The summed E-state index contributed by atoms with van der Waals surface area (Å²) in [6, 6.07) is -0.931. The van der Waals surface area contributed by atoms with Crippen molar-refractivity contribution in [2.24, 2.45) is 0 Å². The molecule has 0 aromatic carbocycles. The van der Waals surface area contributed by atoms with Crippen molar-refractivity contribution in [3.8, 4) is 0 Å². The molecule has 1 heterocycles. The molecule has 1 aliphatic rings. The first-order valence-electron chi connectivity index (χ1n) is 7.99. The minimum atomic E-state index is -1.14. The lowest BCUT2D eigenvalue weighted by Crippen LogP contribution is -2.66. The van der Waals surface area contributed by atoms with Gasteiger partial charge in [-0.15, -0.1) is 0 Å². The Hall–Kier alpha value is -2.49. The highest BCUT2D eigenvalue weighted by Gasteiger charge is 2.50. The van der Waals surface area contributed by atoms with Gasteiger partial charge in [0.25, 0.3) is 0 Å². The van der Waals surface area contributed by atoms with Crippen molar-refractivity contribution in [1.29, 1.82) is 0 Å². The monoisotopic (exact) mass is 373 g/mol. The normalized spacial score (nSPS) is 27.8. The SMILES string of the molecule is CC(=O)N[C@@H]1[C@@H](OC(C)=O)[C@H](OC(C)=O)[C@@H](COC(C)=O)O[C@H]1CC=O. The van der Waals surface area contributed by atoms with Crippen molar-refractivity contribution in [1.82, 2.24) is 5.32 Å². The maximum Gasteiger partial charge on any atom is 0.303 e. The molecular formula is C16H23NO9. The molecule has 0 radical (unpaired) electrons. The highest BCUT2D eigenvalue weighted by molar-refractivity contribution is 5.74. The van der Waals surface area contributed by atoms with Crippen molar-refractivity contribution in [3.63, 3.8) is 0 Å². The van der Waals surface area contributed by atoms with E-state index in [2.05, 4.69) is 5.32 Å². The van der Waals surface area contributed by atoms with E-state index in [-0.39, 0.29) is 13.0 Å². The Balaban J connectivity index is 3.24. The number of carbonyl (C=O) groups excluding carboxylic acids is 5. The number of aldehydes is 1. The fraction of sp³-hybridized carbons (Fsp3) is 0.688. The summed E-state index contributed by atoms with van der Waals surface area (Å²) in [5.74, 6) is -2.40. The fourth-order valence-corrected chi connectivity index (χ4v) is 2.72. The van der Waals surface area contributed by atoms with Crippen LogP contribution >= 0.6 is 0 Å². The first kappa shape index (κ1) is 21.6. The Morgan fingerprint density at radius 1 is 0.923 bits per heavy atom. The molecule has 5 atom stereocenters. The number of ether oxygens (including phenoxy) is 4. The summed E-state index contributed by atoms with van der Waals surface area (Å²) < 4.78 is 21.1. The lowest BCUT2D eigenvalue weighted by Gasteiger charge is -2.45. The fourth-order valence-electron chi connectivity index (χ4n) is 2.72. The van der Waals surface area contributed by atoms with Crippen molar-refractivity contribution in [2.75, 3.05) is 6.61 Å². The van der Waals surface area contributed by atoms with Crippen LogP contribution in [0.4, 0.5) is 0 Å². The second kappa shape index (κ2) is 9.85. The van der Waals surface area contributed by atoms with Gasteiger partial charge in [-0.1, -0.05) is 0 Å². The van der Waals surface area contributed by atoms with Crippen LogP contribution in [0.3, 0.4) is 0 Å². The quantitative estimate of drug-likeness (QED) is 0.348. The predicted octanol–water partition coefficient (Wildman–Crippen LogP) is -0.726. The Labute approximate surface area is 150 Å². The Morgan fingerprint density at radius 3 is 1.96 bits per heavy atom. The summed E-state index contributed by atoms with van der Waals surface area (Å²) in [4.78, 5) is 56.7. The molecule has 0 bridgehead atoms. The highest BCUT2D eigenvalue weighted by Crippen LogP contribution is 2.28. The van der Waals surface area contributed by atoms with Gasteiger partial charge in [0.2, 0.25) is 5.91 Å². The van der Waals surface area contributed by atoms with Gasteiger partial charge in [0.1, 0.15) is 19.0 Å². The van der Waals surface area contributed by atoms with Crippen LogP contribution in [0.5, 0.6) is 0 Å². The van der Waals surface area contributed by atoms with Gasteiger partial charge in [-0.3, -0.25) is 19.2 Å². The maximum absolute atomic E-state index is 11.5. The van der Waals surface area contributed by atoms with Gasteiger partial charge < -0.3 is 29.1 Å². The van der Waals surface area contributed by atoms with Gasteiger partial charge in [0.15, 0.2) is 12.2 Å². The summed E-state index contributed by atoms with van der Waals surface area (Å²) in [6.45, 7) is 4.46. The summed E-state index contributed by atoms with van der Waals surface area (Å²) >= 11 is 0. The molecule has 1 N–H and O–H groups in total. The average molecular weight is 373 g/mol. The number of rotatable bonds is 7. The van der Waals surface area contributed by atoms with E-state index in [0.717, 1.165) is 13.8 Å². The molecule has 0 spiro atoms. The summed E-state index contributed by atoms with van der Waals surface area (Å²) in [5.41, 5.74) is 0. The number of hydrogen-bond acceptors (Lipinski definition) is 9. The van der Waals surface area contributed by atoms with E-state index in [1.807, 2.05) is 0 Å². The molecule has 1 saturated heterocycles. The first-order chi connectivity index (χ1) is 12.1. The number of amides is 1. The van der Waals surface area contributed by atoms with E-state index < -0.39 is 54.3 Å². The largest absolute Gasteiger partial charge is 0.463 e. The van der Waals surface area contributed by atoms with Gasteiger partial charge in [0, 0.05) is 34.1 Å². The molecule has 1 amide bonds. The van der Waals surface area contributed by atoms with Gasteiger partial charge in [0.05, 0.1) is 12.1 Å². The first-order valence-corrected chi connectivity index (χ1v) is 7.99. The van der Waals surface area contributed by atoms with Crippen molar-refractivity contribution >= 4 is 30.1 Å². The number of hydrogen-bond donors (Lipinski definition) is 1. The van der Waals surface area contributed by atoms with E-state index >= 15 is 0 Å². The van der Waals surface area contributed by atoms with E-state index in [9.17, 15) is 24.0 Å². The summed E-state index contributed by atoms with van der Waals surface area (Å²) in [6.07, 6.45) is -3.66. The molecule has 10 heteroatoms. The second-order valence-electron chi connectivity index (χ2n) is 5.79. The van der Waals surface area contributed by atoms with Crippen LogP contribution in [0.15, 0.2) is 0 Å². The minimum Gasteiger partial charge on any atom is -0.463 e. The third-order valence-electron chi connectivity index (χ3n) is 3.55. The number of nitrogens with one attached hydrogen (secondary N) is 1. The molecule has 0 saturated carbocycles. The van der Waals surface area contributed by atoms with Gasteiger partial charge in [-0.05, 0) is 0 Å². The molecule has 10 nitrogen and oxygen atoms in total. The average Bonchev–Trinajstić information content (AvgIpc) is 2.50. The van der Waals surface area contributed by atoms with Crippen LogP contribution in [0, 0.1) is 0 Å². The van der Waals surface area contributed by atoms with Crippen LogP contribution in [0.2, 0.25) is 0 Å². The lowest BCUT2D eigenvalue weighted by atomic mass is 9.90. The molecule has 0 aromatic rings. The van der Waals surface area contributed by atoms with Crippen LogP contribution in [-0.2, 0) is 42.9 Å². The van der Waals surface area contributed by atoms with Gasteiger partial charge in [-0.2, -0.15) is 0 Å². The molecule has 0 aliphatic carbocycles. The Morgan fingerprint density at radius 2 is 1.50 bits per heavy atom.